The average Bonchev–Trinajstić information content (AvgIpc) is 3.35. The smallest absolute Gasteiger partial charge is 0.452 e. The van der Waals surface area contributed by atoms with Gasteiger partial charge in [-0.15, -0.1) is 0 Å². The molecular weight excluding hydrogens is 495 g/mol. The van der Waals surface area contributed by atoms with Crippen LogP contribution in [0.5, 0.6) is 0 Å². The number of hydrogen-bond acceptors (Lipinski definition) is 7. The van der Waals surface area contributed by atoms with Crippen LogP contribution in [0.25, 0.3) is 11.5 Å². The first-order valence-corrected chi connectivity index (χ1v) is 11.3. The maximum absolute atomic E-state index is 13.5. The molecule has 13 heteroatoms. The number of amides is 2. The Morgan fingerprint density at radius 1 is 1.00 bits per heavy atom. The highest BCUT2D eigenvalue weighted by Crippen LogP contribution is 2.35. The van der Waals surface area contributed by atoms with Crippen molar-refractivity contribution in [3.8, 4) is 11.5 Å². The van der Waals surface area contributed by atoms with Crippen molar-refractivity contribution in [1.29, 1.82) is 0 Å². The number of carboxylic acids is 1. The molecule has 10 nitrogen and oxygen atoms in total. The third kappa shape index (κ3) is 6.23. The standard InChI is InChI=1S/C24H22F3N5O5/c25-24(26,27)21-20(30-23(37-21)15-4-2-1-3-5-15)22(36)29-16-6-7-17(28-14-16)31-10-12-32(13-11-31)18(33)8-9-19(34)35/h1-7,14H,8-13H2,(H,29,36)(H,34,35). The molecule has 0 saturated carbocycles. The number of carbonyl (C=O) groups is 3. The van der Waals surface area contributed by atoms with Crippen LogP contribution in [-0.4, -0.2) is 63.9 Å². The van der Waals surface area contributed by atoms with Crippen LogP contribution in [0, 0.1) is 0 Å². The number of pyridine rings is 1. The summed E-state index contributed by atoms with van der Waals surface area (Å²) >= 11 is 0. The Kier molecular flexibility index (Phi) is 7.41. The number of benzene rings is 1. The Balaban J connectivity index is 1.40. The third-order valence-corrected chi connectivity index (χ3v) is 5.64. The molecule has 2 aromatic heterocycles. The summed E-state index contributed by atoms with van der Waals surface area (Å²) in [6, 6.07) is 11.0. The van der Waals surface area contributed by atoms with E-state index >= 15 is 0 Å². The first-order valence-electron chi connectivity index (χ1n) is 11.3. The van der Waals surface area contributed by atoms with Crippen molar-refractivity contribution in [2.75, 3.05) is 36.4 Å². The molecule has 0 bridgehead atoms. The molecule has 2 amide bonds. The third-order valence-electron chi connectivity index (χ3n) is 5.64. The number of aliphatic carboxylic acids is 1. The van der Waals surface area contributed by atoms with E-state index < -0.39 is 29.5 Å². The van der Waals surface area contributed by atoms with E-state index in [4.69, 9.17) is 9.52 Å². The number of hydrogen-bond donors (Lipinski definition) is 2. The molecule has 0 spiro atoms. The zero-order valence-corrected chi connectivity index (χ0v) is 19.4. The highest BCUT2D eigenvalue weighted by molar-refractivity contribution is 6.04. The lowest BCUT2D eigenvalue weighted by molar-refractivity contribution is -0.153. The molecule has 1 fully saturated rings. The van der Waals surface area contributed by atoms with Crippen LogP contribution in [0.3, 0.4) is 0 Å². The highest BCUT2D eigenvalue weighted by Gasteiger charge is 2.42. The number of carbonyl (C=O) groups excluding carboxylic acids is 2. The summed E-state index contributed by atoms with van der Waals surface area (Å²) in [7, 11) is 0. The molecule has 37 heavy (non-hydrogen) atoms. The van der Waals surface area contributed by atoms with Crippen molar-refractivity contribution in [3.05, 3.63) is 60.1 Å². The fourth-order valence-electron chi connectivity index (χ4n) is 3.76. The van der Waals surface area contributed by atoms with Gasteiger partial charge in [-0.3, -0.25) is 14.4 Å². The Hall–Kier alpha value is -4.42. The van der Waals surface area contributed by atoms with Gasteiger partial charge >= 0.3 is 12.1 Å². The maximum Gasteiger partial charge on any atom is 0.452 e. The highest BCUT2D eigenvalue weighted by atomic mass is 19.4. The van der Waals surface area contributed by atoms with E-state index in [1.165, 1.54) is 24.4 Å². The molecule has 0 unspecified atom stereocenters. The lowest BCUT2D eigenvalue weighted by Gasteiger charge is -2.35. The normalized spacial score (nSPS) is 13.9. The fourth-order valence-corrected chi connectivity index (χ4v) is 3.76. The Labute approximate surface area is 208 Å². The first kappa shape index (κ1) is 25.7. The van der Waals surface area contributed by atoms with E-state index in [9.17, 15) is 27.6 Å². The average molecular weight is 517 g/mol. The lowest BCUT2D eigenvalue weighted by atomic mass is 10.2. The van der Waals surface area contributed by atoms with Gasteiger partial charge in [0, 0.05) is 38.2 Å². The second kappa shape index (κ2) is 10.7. The minimum Gasteiger partial charge on any atom is -0.481 e. The number of piperazine rings is 1. The molecule has 0 radical (unpaired) electrons. The van der Waals surface area contributed by atoms with Gasteiger partial charge in [0.2, 0.25) is 17.6 Å². The minimum atomic E-state index is -4.92. The minimum absolute atomic E-state index is 0.0591. The van der Waals surface area contributed by atoms with Gasteiger partial charge in [0.25, 0.3) is 5.91 Å². The Morgan fingerprint density at radius 3 is 2.30 bits per heavy atom. The van der Waals surface area contributed by atoms with E-state index in [0.29, 0.717) is 37.6 Å². The zero-order valence-electron chi connectivity index (χ0n) is 19.4. The topological polar surface area (TPSA) is 129 Å². The number of carboxylic acid groups (broad SMARTS) is 1. The summed E-state index contributed by atoms with van der Waals surface area (Å²) in [4.78, 5) is 46.9. The quantitative estimate of drug-likeness (QED) is 0.487. The molecule has 0 aliphatic carbocycles. The molecule has 3 aromatic rings. The van der Waals surface area contributed by atoms with E-state index in [0.717, 1.165) is 0 Å². The van der Waals surface area contributed by atoms with Gasteiger partial charge < -0.3 is 24.6 Å². The van der Waals surface area contributed by atoms with Gasteiger partial charge in [0.05, 0.1) is 18.3 Å². The number of nitrogens with zero attached hydrogens (tertiary/aromatic N) is 4. The van der Waals surface area contributed by atoms with Gasteiger partial charge in [0.15, 0.2) is 5.69 Å². The van der Waals surface area contributed by atoms with Gasteiger partial charge in [-0.25, -0.2) is 9.97 Å². The first-order chi connectivity index (χ1) is 17.6. The van der Waals surface area contributed by atoms with Crippen LogP contribution < -0.4 is 10.2 Å². The predicted octanol–water partition coefficient (Wildman–Crippen LogP) is 3.52. The molecule has 1 saturated heterocycles. The van der Waals surface area contributed by atoms with Gasteiger partial charge in [-0.05, 0) is 24.3 Å². The number of nitrogens with one attached hydrogen (secondary N) is 1. The largest absolute Gasteiger partial charge is 0.481 e. The van der Waals surface area contributed by atoms with Gasteiger partial charge in [-0.2, -0.15) is 13.2 Å². The van der Waals surface area contributed by atoms with Crippen LogP contribution in [0.2, 0.25) is 0 Å². The van der Waals surface area contributed by atoms with Crippen LogP contribution in [0.15, 0.2) is 53.1 Å². The van der Waals surface area contributed by atoms with Crippen molar-refractivity contribution < 1.29 is 37.1 Å². The van der Waals surface area contributed by atoms with Gasteiger partial charge in [0.1, 0.15) is 5.82 Å². The molecule has 1 aliphatic heterocycles. The summed E-state index contributed by atoms with van der Waals surface area (Å²) in [6.07, 6.45) is -3.90. The van der Waals surface area contributed by atoms with E-state index in [2.05, 4.69) is 15.3 Å². The van der Waals surface area contributed by atoms with Crippen LogP contribution >= 0.6 is 0 Å². The number of rotatable bonds is 7. The molecule has 194 valence electrons. The molecule has 0 atom stereocenters. The molecule has 3 heterocycles. The van der Waals surface area contributed by atoms with Crippen LogP contribution in [0.1, 0.15) is 29.1 Å². The Bertz CT molecular complexity index is 1270. The maximum atomic E-state index is 13.5. The summed E-state index contributed by atoms with van der Waals surface area (Å²) in [5.41, 5.74) is -0.436. The van der Waals surface area contributed by atoms with E-state index in [1.54, 1.807) is 29.2 Å². The monoisotopic (exact) mass is 517 g/mol. The summed E-state index contributed by atoms with van der Waals surface area (Å²) in [6.45, 7) is 1.73. The van der Waals surface area contributed by atoms with E-state index in [1.807, 2.05) is 4.90 Å². The van der Waals surface area contributed by atoms with Crippen molar-refractivity contribution in [2.45, 2.75) is 19.0 Å². The fraction of sp³-hybridized carbons (Fsp3) is 0.292. The number of aromatic nitrogens is 2. The summed E-state index contributed by atoms with van der Waals surface area (Å²) < 4.78 is 45.4. The zero-order chi connectivity index (χ0) is 26.6. The van der Waals surface area contributed by atoms with Gasteiger partial charge in [-0.1, -0.05) is 18.2 Å². The summed E-state index contributed by atoms with van der Waals surface area (Å²) in [5.74, 6) is -3.62. The van der Waals surface area contributed by atoms with Crippen LogP contribution in [0.4, 0.5) is 24.7 Å². The van der Waals surface area contributed by atoms with E-state index in [-0.39, 0.29) is 30.3 Å². The molecule has 2 N–H and O–H groups in total. The SMILES string of the molecule is O=C(O)CCC(=O)N1CCN(c2ccc(NC(=O)c3nc(-c4ccccc4)oc3C(F)(F)F)cn2)CC1. The molecule has 1 aromatic carbocycles. The van der Waals surface area contributed by atoms with Crippen molar-refractivity contribution in [1.82, 2.24) is 14.9 Å². The number of alkyl halides is 3. The van der Waals surface area contributed by atoms with Crippen molar-refractivity contribution >= 4 is 29.3 Å². The van der Waals surface area contributed by atoms with Crippen molar-refractivity contribution in [2.24, 2.45) is 0 Å². The molecule has 4 rings (SSSR count). The Morgan fingerprint density at radius 2 is 1.70 bits per heavy atom. The lowest BCUT2D eigenvalue weighted by Crippen LogP contribution is -2.49. The molecule has 1 aliphatic rings. The van der Waals surface area contributed by atoms with Crippen molar-refractivity contribution in [3.63, 3.8) is 0 Å². The molecular formula is C24H22F3N5O5. The predicted molar refractivity (Wildman–Crippen MR) is 125 cm³/mol. The summed E-state index contributed by atoms with van der Waals surface area (Å²) in [5, 5.41) is 11.1. The number of anilines is 2. The number of halogens is 3. The van der Waals surface area contributed by atoms with Crippen LogP contribution in [-0.2, 0) is 15.8 Å². The number of oxazole rings is 1. The second-order valence-electron chi connectivity index (χ2n) is 8.18. The second-order valence-corrected chi connectivity index (χ2v) is 8.18.